The average molecular weight is 668 g/mol. The quantitative estimate of drug-likeness (QED) is 0.183. The van der Waals surface area contributed by atoms with Gasteiger partial charge in [-0.05, 0) is 75.3 Å². The van der Waals surface area contributed by atoms with Gasteiger partial charge in [0.1, 0.15) is 11.2 Å². The van der Waals surface area contributed by atoms with Crippen LogP contribution < -0.4 is 0 Å². The van der Waals surface area contributed by atoms with Gasteiger partial charge >= 0.3 is 0 Å². The summed E-state index contributed by atoms with van der Waals surface area (Å²) >= 11 is 0. The molecule has 9 aromatic rings. The molecule has 0 atom stereocenters. The lowest BCUT2D eigenvalue weighted by molar-refractivity contribution is 0.660. The Balaban J connectivity index is 1.11. The molecular formula is C48H33N3O. The molecule has 6 aromatic carbocycles. The number of para-hydroxylation sites is 1. The van der Waals surface area contributed by atoms with E-state index in [1.54, 1.807) is 6.20 Å². The summed E-state index contributed by atoms with van der Waals surface area (Å²) in [6.45, 7) is 4.63. The second-order valence-corrected chi connectivity index (χ2v) is 14.1. The van der Waals surface area contributed by atoms with Crippen LogP contribution >= 0.6 is 0 Å². The lowest BCUT2D eigenvalue weighted by Crippen LogP contribution is -2.14. The number of hydrogen-bond acceptors (Lipinski definition) is 4. The topological polar surface area (TPSA) is 51.8 Å². The predicted molar refractivity (Wildman–Crippen MR) is 212 cm³/mol. The largest absolute Gasteiger partial charge is 0.456 e. The highest BCUT2D eigenvalue weighted by atomic mass is 16.3. The summed E-state index contributed by atoms with van der Waals surface area (Å²) in [6, 6.07) is 53.4. The molecule has 4 heteroatoms. The van der Waals surface area contributed by atoms with E-state index in [4.69, 9.17) is 14.4 Å². The van der Waals surface area contributed by atoms with Gasteiger partial charge in [-0.25, -0.2) is 9.97 Å². The van der Waals surface area contributed by atoms with E-state index in [1.807, 2.05) is 24.4 Å². The molecule has 4 nitrogen and oxygen atoms in total. The van der Waals surface area contributed by atoms with Crippen molar-refractivity contribution in [2.75, 3.05) is 0 Å². The number of hydrogen-bond donors (Lipinski definition) is 0. The van der Waals surface area contributed by atoms with Crippen molar-refractivity contribution in [2.45, 2.75) is 19.3 Å². The fourth-order valence-corrected chi connectivity index (χ4v) is 7.92. The Bertz CT molecular complexity index is 2810. The Morgan fingerprint density at radius 1 is 0.442 bits per heavy atom. The third-order valence-corrected chi connectivity index (χ3v) is 10.6. The fourth-order valence-electron chi connectivity index (χ4n) is 7.92. The fraction of sp³-hybridized carbons (Fsp3) is 0.0625. The van der Waals surface area contributed by atoms with Crippen LogP contribution in [0.15, 0.2) is 168 Å². The number of benzene rings is 6. The van der Waals surface area contributed by atoms with Crippen molar-refractivity contribution in [3.05, 3.63) is 175 Å². The molecule has 0 saturated carbocycles. The van der Waals surface area contributed by atoms with E-state index >= 15 is 0 Å². The molecule has 0 radical (unpaired) electrons. The molecule has 1 aliphatic rings. The van der Waals surface area contributed by atoms with E-state index < -0.39 is 0 Å². The van der Waals surface area contributed by atoms with E-state index in [1.165, 1.54) is 22.3 Å². The molecule has 10 rings (SSSR count). The average Bonchev–Trinajstić information content (AvgIpc) is 3.69. The third kappa shape index (κ3) is 4.87. The van der Waals surface area contributed by atoms with Crippen LogP contribution in [0.2, 0.25) is 0 Å². The zero-order chi connectivity index (χ0) is 34.8. The minimum atomic E-state index is -0.116. The predicted octanol–water partition coefficient (Wildman–Crippen LogP) is 12.4. The van der Waals surface area contributed by atoms with Crippen LogP contribution in [0.4, 0.5) is 0 Å². The van der Waals surface area contributed by atoms with Crippen LogP contribution in [0.3, 0.4) is 0 Å². The van der Waals surface area contributed by atoms with E-state index in [-0.39, 0.29) is 5.41 Å². The van der Waals surface area contributed by atoms with Gasteiger partial charge in [-0.1, -0.05) is 129 Å². The van der Waals surface area contributed by atoms with Gasteiger partial charge in [-0.3, -0.25) is 4.98 Å². The molecule has 0 saturated heterocycles. The summed E-state index contributed by atoms with van der Waals surface area (Å²) in [5.74, 6) is 0.677. The molecule has 0 fully saturated rings. The molecule has 0 bridgehead atoms. The molecule has 0 N–H and O–H groups in total. The number of fused-ring (bicyclic) bond motifs is 6. The van der Waals surface area contributed by atoms with Crippen molar-refractivity contribution in [3.63, 3.8) is 0 Å². The van der Waals surface area contributed by atoms with Crippen LogP contribution in [0.25, 0.3) is 89.2 Å². The summed E-state index contributed by atoms with van der Waals surface area (Å²) in [4.78, 5) is 14.9. The maximum Gasteiger partial charge on any atom is 0.161 e. The van der Waals surface area contributed by atoms with Crippen molar-refractivity contribution in [3.8, 4) is 67.3 Å². The van der Waals surface area contributed by atoms with Crippen LogP contribution in [0.1, 0.15) is 25.0 Å². The second kappa shape index (κ2) is 11.7. The zero-order valence-electron chi connectivity index (χ0n) is 28.8. The highest BCUT2D eigenvalue weighted by Gasteiger charge is 2.35. The maximum atomic E-state index is 6.09. The summed E-state index contributed by atoms with van der Waals surface area (Å²) in [7, 11) is 0. The van der Waals surface area contributed by atoms with Gasteiger partial charge in [0.2, 0.25) is 0 Å². The second-order valence-electron chi connectivity index (χ2n) is 14.1. The Kier molecular flexibility index (Phi) is 6.80. The molecule has 3 aromatic heterocycles. The standard InChI is InChI=1S/C48H33N3O/c1-48(2)41-15-7-5-12-36(41)37-23-21-33(27-42(37)48)44-28-43(50-47(51-44)39-14-4-3-11-35(39)34-10-9-25-49-29-34)31-19-17-30(18-20-31)32-22-24-46-40(26-32)38-13-6-8-16-45(38)52-46/h3-29H,1-2H3. The highest BCUT2D eigenvalue weighted by Crippen LogP contribution is 2.49. The smallest absolute Gasteiger partial charge is 0.161 e. The summed E-state index contributed by atoms with van der Waals surface area (Å²) in [5.41, 5.74) is 16.1. The first kappa shape index (κ1) is 30.2. The Morgan fingerprint density at radius 2 is 1.10 bits per heavy atom. The monoisotopic (exact) mass is 667 g/mol. The van der Waals surface area contributed by atoms with Gasteiger partial charge in [-0.15, -0.1) is 0 Å². The Morgan fingerprint density at radius 3 is 1.92 bits per heavy atom. The number of aromatic nitrogens is 3. The summed E-state index contributed by atoms with van der Waals surface area (Å²) < 4.78 is 6.09. The van der Waals surface area contributed by atoms with Gasteiger partial charge in [0.15, 0.2) is 5.82 Å². The van der Waals surface area contributed by atoms with Crippen molar-refractivity contribution >= 4 is 21.9 Å². The minimum absolute atomic E-state index is 0.116. The SMILES string of the molecule is CC1(C)c2ccccc2-c2ccc(-c3cc(-c4ccc(-c5ccc6oc7ccccc7c6c5)cc4)nc(-c4ccccc4-c4cccnc4)n3)cc21. The van der Waals surface area contributed by atoms with Crippen LogP contribution in [-0.2, 0) is 5.41 Å². The molecule has 246 valence electrons. The summed E-state index contributed by atoms with van der Waals surface area (Å²) in [6.07, 6.45) is 3.69. The molecule has 3 heterocycles. The summed E-state index contributed by atoms with van der Waals surface area (Å²) in [5, 5.41) is 2.25. The molecule has 0 spiro atoms. The molecule has 52 heavy (non-hydrogen) atoms. The van der Waals surface area contributed by atoms with E-state index in [0.717, 1.165) is 72.3 Å². The number of furan rings is 1. The number of nitrogens with zero attached hydrogens (tertiary/aromatic N) is 3. The number of pyridine rings is 1. The van der Waals surface area contributed by atoms with Crippen LogP contribution in [-0.4, -0.2) is 15.0 Å². The third-order valence-electron chi connectivity index (χ3n) is 10.6. The Labute approximate surface area is 302 Å². The molecule has 0 amide bonds. The molecular weight excluding hydrogens is 635 g/mol. The van der Waals surface area contributed by atoms with Gasteiger partial charge < -0.3 is 4.42 Å². The first-order chi connectivity index (χ1) is 25.5. The van der Waals surface area contributed by atoms with Crippen molar-refractivity contribution in [2.24, 2.45) is 0 Å². The maximum absolute atomic E-state index is 6.09. The van der Waals surface area contributed by atoms with Crippen molar-refractivity contribution < 1.29 is 4.42 Å². The van der Waals surface area contributed by atoms with Gasteiger partial charge in [0.05, 0.1) is 11.4 Å². The lowest BCUT2D eigenvalue weighted by atomic mass is 9.82. The first-order valence-electron chi connectivity index (χ1n) is 17.7. The van der Waals surface area contributed by atoms with E-state index in [2.05, 4.69) is 152 Å². The Hall–Kier alpha value is -6.65. The van der Waals surface area contributed by atoms with Crippen molar-refractivity contribution in [1.82, 2.24) is 15.0 Å². The minimum Gasteiger partial charge on any atom is -0.456 e. The molecule has 0 unspecified atom stereocenters. The lowest BCUT2D eigenvalue weighted by Gasteiger charge is -2.22. The van der Waals surface area contributed by atoms with Gasteiger partial charge in [0, 0.05) is 50.8 Å². The van der Waals surface area contributed by atoms with Crippen LogP contribution in [0, 0.1) is 0 Å². The number of rotatable bonds is 5. The van der Waals surface area contributed by atoms with Crippen LogP contribution in [0.5, 0.6) is 0 Å². The normalized spacial score (nSPS) is 13.0. The van der Waals surface area contributed by atoms with E-state index in [9.17, 15) is 0 Å². The van der Waals surface area contributed by atoms with Gasteiger partial charge in [-0.2, -0.15) is 0 Å². The van der Waals surface area contributed by atoms with E-state index in [0.29, 0.717) is 5.82 Å². The zero-order valence-corrected chi connectivity index (χ0v) is 28.8. The van der Waals surface area contributed by atoms with Crippen molar-refractivity contribution in [1.29, 1.82) is 0 Å². The molecule has 0 aliphatic heterocycles. The highest BCUT2D eigenvalue weighted by molar-refractivity contribution is 6.06. The first-order valence-corrected chi connectivity index (χ1v) is 17.7. The van der Waals surface area contributed by atoms with Gasteiger partial charge in [0.25, 0.3) is 0 Å². The molecule has 1 aliphatic carbocycles.